The van der Waals surface area contributed by atoms with Crippen LogP contribution in [0.4, 0.5) is 4.39 Å². The summed E-state index contributed by atoms with van der Waals surface area (Å²) in [4.78, 5) is 28.5. The van der Waals surface area contributed by atoms with E-state index in [1.54, 1.807) is 30.2 Å². The molecule has 208 valence electrons. The molecular weight excluding hydrogens is 519 g/mol. The van der Waals surface area contributed by atoms with Crippen molar-refractivity contribution in [3.8, 4) is 5.75 Å². The molecule has 3 aliphatic rings. The third kappa shape index (κ3) is 4.91. The Kier molecular flexibility index (Phi) is 7.18. The molecule has 2 saturated carbocycles. The van der Waals surface area contributed by atoms with Gasteiger partial charge in [-0.25, -0.2) is 12.8 Å². The van der Waals surface area contributed by atoms with E-state index >= 15 is 0 Å². The first kappa shape index (κ1) is 27.5. The summed E-state index contributed by atoms with van der Waals surface area (Å²) in [6, 6.07) is 12.8. The molecule has 2 bridgehead atoms. The van der Waals surface area contributed by atoms with Gasteiger partial charge in [-0.2, -0.15) is 4.31 Å². The fraction of sp³-hybridized carbons (Fsp3) is 0.467. The average Bonchev–Trinajstić information content (AvgIpc) is 3.23. The van der Waals surface area contributed by atoms with E-state index in [-0.39, 0.29) is 48.8 Å². The third-order valence-electron chi connectivity index (χ3n) is 9.28. The Morgan fingerprint density at radius 2 is 1.74 bits per heavy atom. The van der Waals surface area contributed by atoms with Gasteiger partial charge in [0.2, 0.25) is 15.9 Å². The van der Waals surface area contributed by atoms with Crippen LogP contribution in [0.5, 0.6) is 5.75 Å². The molecule has 0 unspecified atom stereocenters. The Hall–Kier alpha value is -3.04. The Bertz CT molecular complexity index is 1390. The van der Waals surface area contributed by atoms with Crippen LogP contribution >= 0.6 is 0 Å². The predicted octanol–water partition coefficient (Wildman–Crippen LogP) is 4.50. The van der Waals surface area contributed by atoms with Crippen LogP contribution in [0.25, 0.3) is 0 Å². The smallest absolute Gasteiger partial charge is 0.238 e. The normalized spacial score (nSPS) is 27.8. The Morgan fingerprint density at radius 1 is 1.05 bits per heavy atom. The van der Waals surface area contributed by atoms with Gasteiger partial charge in [-0.05, 0) is 59.6 Å². The molecule has 3 atom stereocenters. The molecule has 2 aromatic rings. The lowest BCUT2D eigenvalue weighted by molar-refractivity contribution is -0.133. The van der Waals surface area contributed by atoms with Crippen LogP contribution in [0.3, 0.4) is 0 Å². The highest BCUT2D eigenvalue weighted by molar-refractivity contribution is 7.89. The lowest BCUT2D eigenvalue weighted by Crippen LogP contribution is -2.50. The van der Waals surface area contributed by atoms with Crippen LogP contribution in [0.15, 0.2) is 60.7 Å². The molecule has 7 nitrogen and oxygen atoms in total. The minimum atomic E-state index is -3.93. The number of amides is 1. The maximum Gasteiger partial charge on any atom is 0.238 e. The number of carbonyl (C=O) groups is 2. The number of hydrogen-bond donors (Lipinski definition) is 0. The Labute approximate surface area is 229 Å². The van der Waals surface area contributed by atoms with Gasteiger partial charge in [0.25, 0.3) is 0 Å². The second kappa shape index (κ2) is 10.2. The van der Waals surface area contributed by atoms with Crippen LogP contribution < -0.4 is 4.74 Å². The number of sulfonamides is 1. The van der Waals surface area contributed by atoms with E-state index in [0.717, 1.165) is 17.5 Å². The van der Waals surface area contributed by atoms with E-state index in [9.17, 15) is 22.4 Å². The fourth-order valence-electron chi connectivity index (χ4n) is 6.66. The molecule has 39 heavy (non-hydrogen) atoms. The summed E-state index contributed by atoms with van der Waals surface area (Å²) in [5.41, 5.74) is 0.257. The van der Waals surface area contributed by atoms with Crippen molar-refractivity contribution >= 4 is 21.7 Å². The number of benzene rings is 2. The van der Waals surface area contributed by atoms with Crippen molar-refractivity contribution in [2.45, 2.75) is 45.7 Å². The van der Waals surface area contributed by atoms with Gasteiger partial charge >= 0.3 is 0 Å². The standard InChI is InChI=1S/C30H35FN2O5S/c1-29(2)23-14-15-30(29,27(34)17-23)20-39(36,37)32-16-4-5-26(22-8-12-25(38-3)13-9-22)33(28(35)19-32)18-21-6-10-24(31)11-7-21/h4-13,23,26H,14-20H2,1-3H3/b5-4-/t23-,26+,30-/m0/s1. The van der Waals surface area contributed by atoms with E-state index < -0.39 is 26.9 Å². The molecule has 2 aliphatic carbocycles. The van der Waals surface area contributed by atoms with Crippen LogP contribution in [-0.2, 0) is 26.2 Å². The van der Waals surface area contributed by atoms with Crippen LogP contribution in [0, 0.1) is 22.6 Å². The van der Waals surface area contributed by atoms with Gasteiger partial charge in [0.1, 0.15) is 17.3 Å². The van der Waals surface area contributed by atoms with Crippen molar-refractivity contribution in [3.05, 3.63) is 77.6 Å². The first-order chi connectivity index (χ1) is 18.5. The van der Waals surface area contributed by atoms with Gasteiger partial charge in [-0.15, -0.1) is 0 Å². The Morgan fingerprint density at radius 3 is 2.33 bits per heavy atom. The van der Waals surface area contributed by atoms with E-state index in [1.165, 1.54) is 16.4 Å². The lowest BCUT2D eigenvalue weighted by Gasteiger charge is -2.38. The fourth-order valence-corrected chi connectivity index (χ4v) is 8.76. The van der Waals surface area contributed by atoms with E-state index in [4.69, 9.17) is 4.74 Å². The van der Waals surface area contributed by atoms with E-state index in [0.29, 0.717) is 18.6 Å². The number of halogens is 1. The zero-order chi connectivity index (χ0) is 28.0. The van der Waals surface area contributed by atoms with Crippen LogP contribution in [-0.4, -0.2) is 55.3 Å². The minimum Gasteiger partial charge on any atom is -0.497 e. The van der Waals surface area contributed by atoms with Crippen molar-refractivity contribution in [1.82, 2.24) is 9.21 Å². The summed E-state index contributed by atoms with van der Waals surface area (Å²) in [5.74, 6) is -0.112. The number of Topliss-reactive ketones (excluding diaryl/α,β-unsaturated/α-hetero) is 1. The number of methoxy groups -OCH3 is 1. The van der Waals surface area contributed by atoms with E-state index in [1.807, 2.05) is 44.2 Å². The quantitative estimate of drug-likeness (QED) is 0.471. The molecule has 1 amide bonds. The van der Waals surface area contributed by atoms with Gasteiger partial charge in [-0.3, -0.25) is 9.59 Å². The molecule has 5 rings (SSSR count). The number of ether oxygens (including phenoxy) is 1. The second-order valence-electron chi connectivity index (χ2n) is 11.5. The largest absolute Gasteiger partial charge is 0.497 e. The molecular formula is C30H35FN2O5S. The SMILES string of the molecule is COc1ccc([C@H]2/C=C\CN(S(=O)(=O)C[C@@]34CC[C@@H](CC3=O)C4(C)C)CC(=O)N2Cc2ccc(F)cc2)cc1. The number of rotatable bonds is 7. The Balaban J connectivity index is 1.46. The monoisotopic (exact) mass is 554 g/mol. The first-order valence-corrected chi connectivity index (χ1v) is 14.9. The number of ketones is 1. The summed E-state index contributed by atoms with van der Waals surface area (Å²) in [5, 5.41) is 0. The summed E-state index contributed by atoms with van der Waals surface area (Å²) in [7, 11) is -2.35. The summed E-state index contributed by atoms with van der Waals surface area (Å²) >= 11 is 0. The lowest BCUT2D eigenvalue weighted by atomic mass is 9.70. The molecule has 0 N–H and O–H groups in total. The van der Waals surface area contributed by atoms with Crippen molar-refractivity contribution in [2.24, 2.45) is 16.7 Å². The topological polar surface area (TPSA) is 84.0 Å². The van der Waals surface area contributed by atoms with Gasteiger partial charge in [0.05, 0.1) is 25.4 Å². The number of fused-ring (bicyclic) bond motifs is 2. The van der Waals surface area contributed by atoms with Crippen LogP contribution in [0.1, 0.15) is 50.3 Å². The zero-order valence-corrected chi connectivity index (χ0v) is 23.4. The molecule has 0 spiro atoms. The van der Waals surface area contributed by atoms with Crippen molar-refractivity contribution < 1.29 is 27.1 Å². The molecule has 1 heterocycles. The van der Waals surface area contributed by atoms with Gasteiger partial charge < -0.3 is 9.64 Å². The number of carbonyl (C=O) groups excluding carboxylic acids is 2. The molecule has 0 aromatic heterocycles. The van der Waals surface area contributed by atoms with Crippen molar-refractivity contribution in [3.63, 3.8) is 0 Å². The predicted molar refractivity (Wildman–Crippen MR) is 146 cm³/mol. The van der Waals surface area contributed by atoms with Crippen LogP contribution in [0.2, 0.25) is 0 Å². The molecule has 1 aliphatic heterocycles. The highest BCUT2D eigenvalue weighted by atomic mass is 32.2. The molecule has 9 heteroatoms. The van der Waals surface area contributed by atoms with Crippen molar-refractivity contribution in [2.75, 3.05) is 26.0 Å². The summed E-state index contributed by atoms with van der Waals surface area (Å²) in [6.07, 6.45) is 5.45. The highest BCUT2D eigenvalue weighted by Crippen LogP contribution is 2.64. The van der Waals surface area contributed by atoms with Gasteiger partial charge in [0.15, 0.2) is 0 Å². The molecule has 0 saturated heterocycles. The second-order valence-corrected chi connectivity index (χ2v) is 13.5. The first-order valence-electron chi connectivity index (χ1n) is 13.3. The van der Waals surface area contributed by atoms with Gasteiger partial charge in [-0.1, -0.05) is 50.3 Å². The average molecular weight is 555 g/mol. The maximum absolute atomic E-state index is 13.8. The third-order valence-corrected chi connectivity index (χ3v) is 11.2. The summed E-state index contributed by atoms with van der Waals surface area (Å²) in [6.45, 7) is 3.89. The molecule has 2 aromatic carbocycles. The molecule has 0 radical (unpaired) electrons. The minimum absolute atomic E-state index is 0.0266. The highest BCUT2D eigenvalue weighted by Gasteiger charge is 2.65. The summed E-state index contributed by atoms with van der Waals surface area (Å²) < 4.78 is 47.7. The number of hydrogen-bond acceptors (Lipinski definition) is 5. The van der Waals surface area contributed by atoms with Crippen molar-refractivity contribution in [1.29, 1.82) is 0 Å². The molecule has 2 fully saturated rings. The number of nitrogens with zero attached hydrogens (tertiary/aromatic N) is 2. The zero-order valence-electron chi connectivity index (χ0n) is 22.6. The van der Waals surface area contributed by atoms with Gasteiger partial charge in [0, 0.05) is 24.9 Å². The maximum atomic E-state index is 13.8. The van der Waals surface area contributed by atoms with E-state index in [2.05, 4.69) is 0 Å².